The largest absolute Gasteiger partial charge is 0.479 e. The fraction of sp³-hybridized carbons (Fsp3) is 0.595. The van der Waals surface area contributed by atoms with Crippen molar-refractivity contribution in [2.45, 2.75) is 73.9 Å². The summed E-state index contributed by atoms with van der Waals surface area (Å²) in [6.45, 7) is -2.97. The normalized spacial score (nSPS) is 29.6. The molecular weight excluding hydrogens is 1130 g/mol. The van der Waals surface area contributed by atoms with Crippen molar-refractivity contribution in [1.82, 2.24) is 48.5 Å². The number of H-pyrrole nitrogens is 2. The minimum Gasteiger partial charge on any atom is -0.387 e. The number of amides is 1. The summed E-state index contributed by atoms with van der Waals surface area (Å²) in [7, 11) is -16.0. The number of phosphoric ester groups is 2. The van der Waals surface area contributed by atoms with Gasteiger partial charge in [0.25, 0.3) is 17.1 Å². The van der Waals surface area contributed by atoms with Gasteiger partial charge < -0.3 is 74.7 Å². The van der Waals surface area contributed by atoms with Gasteiger partial charge in [0.05, 0.1) is 51.6 Å². The number of carbonyl (C=O) groups is 1. The third kappa shape index (κ3) is 12.8. The summed E-state index contributed by atoms with van der Waals surface area (Å²) in [4.78, 5) is 114. The number of aliphatic hydroxyl groups excluding tert-OH is 3. The van der Waals surface area contributed by atoms with Gasteiger partial charge in [-0.1, -0.05) is 4.98 Å². The molecule has 3 aliphatic rings. The SMILES string of the molecule is CO[C@@H]1[C@H](OP(=O)(O)OC[C@H]2O[C@@H](n3ccc(=O)[nH]c3=O)[C@H](O)[C@@H]2O)[C@@H](COP(=O)(O)OP(=O)(O)CCP(=O)(O)OC[C@H]2O[C@@H]([n+]3cn(C)c4c(=O)[nH]c(N)nc43)[C@H](O)[C@@H]2CC(=O)N(C)C)O[C@H]1n1cnc2c(N)ncnc21. The Morgan fingerprint density at radius 2 is 1.49 bits per heavy atom. The second-order valence-electron chi connectivity index (χ2n) is 18.1. The highest BCUT2D eigenvalue weighted by Crippen LogP contribution is 2.62. The molecule has 0 radical (unpaired) electrons. The molecule has 5 aromatic rings. The summed E-state index contributed by atoms with van der Waals surface area (Å²) in [6, 6.07) is 0.932. The van der Waals surface area contributed by atoms with E-state index in [0.29, 0.717) is 0 Å². The number of ether oxygens (including phenoxy) is 4. The molecule has 5 aromatic heterocycles. The number of nitrogens with zero attached hydrogens (tertiary/aromatic N) is 9. The molecule has 0 aliphatic carbocycles. The van der Waals surface area contributed by atoms with Crippen molar-refractivity contribution in [2.24, 2.45) is 13.0 Å². The molecule has 4 unspecified atom stereocenters. The smallest absolute Gasteiger partial charge is 0.387 e. The zero-order valence-corrected chi connectivity index (χ0v) is 44.7. The van der Waals surface area contributed by atoms with Crippen LogP contribution in [0.3, 0.4) is 0 Å². The summed E-state index contributed by atoms with van der Waals surface area (Å²) in [5.74, 6) is -1.94. The van der Waals surface area contributed by atoms with Crippen molar-refractivity contribution in [1.29, 1.82) is 0 Å². The van der Waals surface area contributed by atoms with Gasteiger partial charge in [-0.3, -0.25) is 60.8 Å². The lowest BCUT2D eigenvalue weighted by atomic mass is 9.94. The highest BCUT2D eigenvalue weighted by atomic mass is 31.3. The van der Waals surface area contributed by atoms with E-state index in [2.05, 4.69) is 29.2 Å². The highest BCUT2D eigenvalue weighted by molar-refractivity contribution is 7.64. The van der Waals surface area contributed by atoms with Gasteiger partial charge in [-0.05, 0) is 0 Å². The Morgan fingerprint density at radius 1 is 0.821 bits per heavy atom. The van der Waals surface area contributed by atoms with E-state index in [1.54, 1.807) is 0 Å². The number of imidazole rings is 2. The molecular formula is C37H54N13O24P4+. The zero-order chi connectivity index (χ0) is 57.0. The van der Waals surface area contributed by atoms with Crippen molar-refractivity contribution in [3.63, 3.8) is 0 Å². The van der Waals surface area contributed by atoms with Gasteiger partial charge in [-0.2, -0.15) is 0 Å². The monoisotopic (exact) mass is 1190 g/mol. The molecule has 41 heteroatoms. The van der Waals surface area contributed by atoms with Gasteiger partial charge >= 0.3 is 42.2 Å². The van der Waals surface area contributed by atoms with E-state index in [1.165, 1.54) is 46.1 Å². The first-order valence-corrected chi connectivity index (χ1v) is 29.4. The van der Waals surface area contributed by atoms with Crippen LogP contribution in [0.25, 0.3) is 22.3 Å². The molecule has 3 fully saturated rings. The zero-order valence-electron chi connectivity index (χ0n) is 41.1. The standard InChI is InChI=1S/C37H53N13O24P4/c1-46(2)21(52)9-16-17(70-33(24(16)53)50-15-47(3)23-31(50)44-36(39)45-32(23)56)10-67-75(58,59)7-8-76(60,61)74-78(64,65)69-12-19-27(28(66-4)35(72-19)49-14-42-22-29(38)40-13-41-30(22)49)73-77(62,63)68-11-18-25(54)26(55)34(71-18)48-6-5-20(51)43-37(48)57/h5-6,13-19,24-28,33-35,53-55H,7-12H2,1-4H3,(H9-,38,39,40,41,43,44,45,51,56,57,58,59,60,61,62,63,64,65)/p+1/t16-,17-,18-,19-,24-,25-,26-,27-,28-,33-,34-,35-/m1/s1. The maximum Gasteiger partial charge on any atom is 0.479 e. The first kappa shape index (κ1) is 59.1. The van der Waals surface area contributed by atoms with Crippen molar-refractivity contribution >= 4 is 70.8 Å². The van der Waals surface area contributed by atoms with E-state index >= 15 is 0 Å². The third-order valence-electron chi connectivity index (χ3n) is 12.6. The second kappa shape index (κ2) is 22.8. The number of aromatic nitrogens is 10. The average Bonchev–Trinajstić information content (AvgIpc) is 4.23. The van der Waals surface area contributed by atoms with Crippen LogP contribution >= 0.6 is 30.8 Å². The quantitative estimate of drug-likeness (QED) is 0.0232. The number of nitrogen functional groups attached to an aromatic ring is 2. The Balaban J connectivity index is 0.926. The Hall–Kier alpha value is -5.07. The van der Waals surface area contributed by atoms with E-state index in [-0.39, 0.29) is 40.5 Å². The Labute approximate surface area is 436 Å². The second-order valence-corrected chi connectivity index (χ2v) is 25.0. The predicted octanol–water partition coefficient (Wildman–Crippen LogP) is -3.99. The number of hydrogen-bond acceptors (Lipinski definition) is 26. The summed E-state index contributed by atoms with van der Waals surface area (Å²) in [5.41, 5.74) is 9.40. The van der Waals surface area contributed by atoms with Crippen LogP contribution in [-0.4, -0.2) is 191 Å². The van der Waals surface area contributed by atoms with Crippen molar-refractivity contribution in [3.05, 3.63) is 62.4 Å². The number of nitrogens with two attached hydrogens (primary N) is 2. The minimum atomic E-state index is -5.74. The van der Waals surface area contributed by atoms with Crippen molar-refractivity contribution < 1.29 is 104 Å². The number of hydrogen-bond donors (Lipinski definition) is 11. The summed E-state index contributed by atoms with van der Waals surface area (Å²) < 4.78 is 107. The number of aryl methyl sites for hydroxylation is 1. The van der Waals surface area contributed by atoms with Crippen molar-refractivity contribution in [3.8, 4) is 0 Å². The molecule has 8 rings (SSSR count). The summed E-state index contributed by atoms with van der Waals surface area (Å²) in [5, 5.41) is 32.8. The highest BCUT2D eigenvalue weighted by Gasteiger charge is 2.53. The number of fused-ring (bicyclic) bond motifs is 2. The average molecular weight is 1190 g/mol. The Kier molecular flexibility index (Phi) is 17.3. The number of aliphatic hydroxyl groups is 3. The number of phosphoric acid groups is 2. The van der Waals surface area contributed by atoms with Gasteiger partial charge in [0.15, 0.2) is 30.2 Å². The lowest BCUT2D eigenvalue weighted by Gasteiger charge is -2.26. The van der Waals surface area contributed by atoms with E-state index in [0.717, 1.165) is 36.6 Å². The predicted molar refractivity (Wildman–Crippen MR) is 257 cm³/mol. The topological polar surface area (TPSA) is 518 Å². The van der Waals surface area contributed by atoms with Crippen LogP contribution in [0.15, 0.2) is 45.6 Å². The Bertz CT molecular complexity index is 3430. The molecule has 0 spiro atoms. The summed E-state index contributed by atoms with van der Waals surface area (Å²) >= 11 is 0. The molecule has 1 amide bonds. The molecule has 430 valence electrons. The number of anilines is 2. The van der Waals surface area contributed by atoms with E-state index in [1.807, 2.05) is 4.98 Å². The molecule has 3 saturated heterocycles. The van der Waals surface area contributed by atoms with Crippen LogP contribution in [0.5, 0.6) is 0 Å². The molecule has 13 N–H and O–H groups in total. The fourth-order valence-electron chi connectivity index (χ4n) is 8.75. The van der Waals surface area contributed by atoms with Crippen LogP contribution in [0.2, 0.25) is 0 Å². The van der Waals surface area contributed by atoms with Gasteiger partial charge in [0.2, 0.25) is 17.7 Å². The number of aromatic amines is 2. The molecule has 16 atom stereocenters. The fourth-order valence-corrected chi connectivity index (χ4v) is 14.4. The minimum absolute atomic E-state index is 0.0188. The molecule has 8 heterocycles. The summed E-state index contributed by atoms with van der Waals surface area (Å²) in [6.07, 6.45) is -16.0. The maximum atomic E-state index is 13.6. The van der Waals surface area contributed by atoms with Crippen LogP contribution in [-0.2, 0) is 71.5 Å². The number of rotatable bonds is 22. The molecule has 0 bridgehead atoms. The molecule has 78 heavy (non-hydrogen) atoms. The number of carbonyl (C=O) groups excluding carboxylic acids is 1. The third-order valence-corrected chi connectivity index (χ3v) is 18.4. The van der Waals surface area contributed by atoms with E-state index in [9.17, 15) is 72.3 Å². The molecule has 3 aliphatic heterocycles. The van der Waals surface area contributed by atoms with Crippen molar-refractivity contribution in [2.75, 3.05) is 64.8 Å². The number of methoxy groups -OCH3 is 1. The van der Waals surface area contributed by atoms with Gasteiger partial charge in [-0.25, -0.2) is 37.8 Å². The maximum absolute atomic E-state index is 13.6. The lowest BCUT2D eigenvalue weighted by molar-refractivity contribution is -0.745. The van der Waals surface area contributed by atoms with Crippen LogP contribution in [0, 0.1) is 5.92 Å². The first-order chi connectivity index (χ1) is 36.5. The van der Waals surface area contributed by atoms with Gasteiger partial charge in [0.1, 0.15) is 54.6 Å². The van der Waals surface area contributed by atoms with E-state index in [4.69, 9.17) is 48.5 Å². The molecule has 37 nitrogen and oxygen atoms in total. The van der Waals surface area contributed by atoms with Gasteiger partial charge in [-0.15, -0.1) is 0 Å². The van der Waals surface area contributed by atoms with E-state index < -0.39 is 159 Å². The molecule has 0 aromatic carbocycles. The molecule has 0 saturated carbocycles. The van der Waals surface area contributed by atoms with Crippen LogP contribution < -0.4 is 32.8 Å². The lowest BCUT2D eigenvalue weighted by Crippen LogP contribution is -2.45. The Morgan fingerprint density at radius 3 is 2.18 bits per heavy atom. The number of nitrogens with one attached hydrogen (secondary N) is 2. The van der Waals surface area contributed by atoms with Gasteiger partial charge in [0, 0.05) is 45.8 Å². The first-order valence-electron chi connectivity index (χ1n) is 22.9. The van der Waals surface area contributed by atoms with Crippen LogP contribution in [0.1, 0.15) is 25.1 Å². The van der Waals surface area contributed by atoms with Crippen LogP contribution in [0.4, 0.5) is 11.8 Å².